The molecule has 25 heavy (non-hydrogen) atoms. The quantitative estimate of drug-likeness (QED) is 0.706. The number of nitrogens with zero attached hydrogens (tertiary/aromatic N) is 1. The molecule has 3 amide bonds. The third kappa shape index (κ3) is 5.01. The van der Waals surface area contributed by atoms with Gasteiger partial charge in [-0.15, -0.1) is 5.06 Å². The van der Waals surface area contributed by atoms with E-state index in [1.165, 1.54) is 6.92 Å². The molecule has 9 heteroatoms. The number of hydroxylamine groups is 2. The first-order valence-corrected chi connectivity index (χ1v) is 7.61. The molecular formula is C16H18N2O7. The smallest absolute Gasteiger partial charge is 0.408 e. The van der Waals surface area contributed by atoms with Crippen molar-refractivity contribution in [1.29, 1.82) is 0 Å². The van der Waals surface area contributed by atoms with Gasteiger partial charge in [0.05, 0.1) is 6.10 Å². The van der Waals surface area contributed by atoms with Gasteiger partial charge in [0.2, 0.25) is 0 Å². The molecule has 1 fully saturated rings. The summed E-state index contributed by atoms with van der Waals surface area (Å²) >= 11 is 0. The number of carbonyl (C=O) groups excluding carboxylic acids is 4. The number of hydrogen-bond donors (Lipinski definition) is 2. The van der Waals surface area contributed by atoms with Crippen LogP contribution in [-0.4, -0.2) is 46.2 Å². The Labute approximate surface area is 143 Å². The van der Waals surface area contributed by atoms with Gasteiger partial charge in [0.25, 0.3) is 11.8 Å². The molecule has 0 aliphatic carbocycles. The Kier molecular flexibility index (Phi) is 6.07. The minimum Gasteiger partial charge on any atom is -0.445 e. The van der Waals surface area contributed by atoms with Crippen molar-refractivity contribution in [3.63, 3.8) is 0 Å². The normalized spacial score (nSPS) is 16.3. The van der Waals surface area contributed by atoms with Gasteiger partial charge in [-0.2, -0.15) is 0 Å². The highest BCUT2D eigenvalue weighted by atomic mass is 16.7. The molecule has 1 aromatic carbocycles. The van der Waals surface area contributed by atoms with Crippen LogP contribution in [0.3, 0.4) is 0 Å². The molecule has 0 spiro atoms. The summed E-state index contributed by atoms with van der Waals surface area (Å²) in [4.78, 5) is 51.4. The molecule has 2 N–H and O–H groups in total. The molecule has 1 aromatic rings. The maximum absolute atomic E-state index is 12.0. The second-order valence-electron chi connectivity index (χ2n) is 5.42. The lowest BCUT2D eigenvalue weighted by molar-refractivity contribution is -0.200. The summed E-state index contributed by atoms with van der Waals surface area (Å²) in [5.74, 6) is -2.46. The summed E-state index contributed by atoms with van der Waals surface area (Å²) in [6.07, 6.45) is -2.40. The number of nitrogens with one attached hydrogen (secondary N) is 1. The second kappa shape index (κ2) is 8.25. The molecule has 0 radical (unpaired) electrons. The van der Waals surface area contributed by atoms with Gasteiger partial charge in [0.1, 0.15) is 6.61 Å². The lowest BCUT2D eigenvalue weighted by atomic mass is 10.2. The van der Waals surface area contributed by atoms with Crippen molar-refractivity contribution in [1.82, 2.24) is 10.4 Å². The van der Waals surface area contributed by atoms with Gasteiger partial charge < -0.3 is 20.0 Å². The van der Waals surface area contributed by atoms with Crippen LogP contribution in [0.15, 0.2) is 30.3 Å². The monoisotopic (exact) mass is 350 g/mol. The summed E-state index contributed by atoms with van der Waals surface area (Å²) in [7, 11) is 0. The van der Waals surface area contributed by atoms with E-state index < -0.39 is 36.0 Å². The maximum atomic E-state index is 12.0. The van der Waals surface area contributed by atoms with E-state index in [0.29, 0.717) is 5.06 Å². The Morgan fingerprint density at radius 2 is 1.80 bits per heavy atom. The van der Waals surface area contributed by atoms with E-state index in [4.69, 9.17) is 4.74 Å². The number of aliphatic hydroxyl groups excluding tert-OH is 1. The van der Waals surface area contributed by atoms with Crippen molar-refractivity contribution < 1.29 is 33.9 Å². The van der Waals surface area contributed by atoms with Crippen molar-refractivity contribution in [2.75, 3.05) is 0 Å². The molecule has 1 aliphatic rings. The summed E-state index contributed by atoms with van der Waals surface area (Å²) in [5, 5.41) is 12.2. The van der Waals surface area contributed by atoms with Crippen LogP contribution < -0.4 is 5.32 Å². The molecule has 0 saturated carbocycles. The van der Waals surface area contributed by atoms with Gasteiger partial charge >= 0.3 is 12.1 Å². The third-order valence-electron chi connectivity index (χ3n) is 3.41. The van der Waals surface area contributed by atoms with Gasteiger partial charge in [0.15, 0.2) is 6.04 Å². The number of imide groups is 1. The lowest BCUT2D eigenvalue weighted by Gasteiger charge is -2.21. The summed E-state index contributed by atoms with van der Waals surface area (Å²) in [6.45, 7) is 1.22. The highest BCUT2D eigenvalue weighted by molar-refractivity contribution is 6.01. The molecule has 2 unspecified atom stereocenters. The number of alkyl carbamates (subject to hydrolysis) is 1. The number of aliphatic hydroxyl groups is 1. The predicted octanol–water partition coefficient (Wildman–Crippen LogP) is 0.269. The molecular weight excluding hydrogens is 332 g/mol. The van der Waals surface area contributed by atoms with Gasteiger partial charge in [-0.3, -0.25) is 9.59 Å². The Bertz CT molecular complexity index is 644. The van der Waals surface area contributed by atoms with E-state index in [0.717, 1.165) is 5.56 Å². The molecule has 1 aliphatic heterocycles. The minimum absolute atomic E-state index is 0.0304. The van der Waals surface area contributed by atoms with E-state index in [2.05, 4.69) is 10.2 Å². The Morgan fingerprint density at radius 3 is 2.36 bits per heavy atom. The Hall–Kier alpha value is -2.94. The number of ether oxygens (including phenoxy) is 1. The average molecular weight is 350 g/mol. The fourth-order valence-corrected chi connectivity index (χ4v) is 2.07. The SMILES string of the molecule is CC(O)C(NC(=O)OCc1ccccc1)C(=O)ON1C(=O)CCC1=O. The van der Waals surface area contributed by atoms with E-state index >= 15 is 0 Å². The van der Waals surface area contributed by atoms with Crippen LogP contribution in [0.2, 0.25) is 0 Å². The molecule has 2 rings (SSSR count). The van der Waals surface area contributed by atoms with Gasteiger partial charge in [-0.25, -0.2) is 9.59 Å². The zero-order chi connectivity index (χ0) is 18.4. The first-order valence-electron chi connectivity index (χ1n) is 7.61. The molecule has 9 nitrogen and oxygen atoms in total. The van der Waals surface area contributed by atoms with Crippen LogP contribution in [0.1, 0.15) is 25.3 Å². The highest BCUT2D eigenvalue weighted by Crippen LogP contribution is 2.13. The average Bonchev–Trinajstić information content (AvgIpc) is 2.90. The van der Waals surface area contributed by atoms with Crippen LogP contribution in [0, 0.1) is 0 Å². The second-order valence-corrected chi connectivity index (χ2v) is 5.42. The Balaban J connectivity index is 1.90. The van der Waals surface area contributed by atoms with Crippen molar-refractivity contribution in [2.45, 2.75) is 38.5 Å². The number of benzene rings is 1. The largest absolute Gasteiger partial charge is 0.445 e. The van der Waals surface area contributed by atoms with Crippen LogP contribution in [-0.2, 0) is 30.6 Å². The van der Waals surface area contributed by atoms with Crippen molar-refractivity contribution >= 4 is 23.9 Å². The van der Waals surface area contributed by atoms with Crippen LogP contribution in [0.25, 0.3) is 0 Å². The fourth-order valence-electron chi connectivity index (χ4n) is 2.07. The topological polar surface area (TPSA) is 122 Å². The molecule has 1 heterocycles. The zero-order valence-corrected chi connectivity index (χ0v) is 13.5. The first kappa shape index (κ1) is 18.4. The minimum atomic E-state index is -1.50. The molecule has 134 valence electrons. The number of carbonyl (C=O) groups is 4. The highest BCUT2D eigenvalue weighted by Gasteiger charge is 2.36. The number of rotatable bonds is 6. The molecule has 0 bridgehead atoms. The predicted molar refractivity (Wildman–Crippen MR) is 82.4 cm³/mol. The summed E-state index contributed by atoms with van der Waals surface area (Å²) < 4.78 is 4.95. The van der Waals surface area contributed by atoms with Gasteiger partial charge in [-0.05, 0) is 12.5 Å². The standard InChI is InChI=1S/C16H18N2O7/c1-10(19)14(15(22)25-18-12(20)7-8-13(18)21)17-16(23)24-9-11-5-3-2-4-6-11/h2-6,10,14,19H,7-9H2,1H3,(H,17,23). The van der Waals surface area contributed by atoms with Crippen molar-refractivity contribution in [3.05, 3.63) is 35.9 Å². The Morgan fingerprint density at radius 1 is 1.20 bits per heavy atom. The summed E-state index contributed by atoms with van der Waals surface area (Å²) in [5.41, 5.74) is 0.738. The van der Waals surface area contributed by atoms with Crippen LogP contribution in [0.5, 0.6) is 0 Å². The number of hydrogen-bond acceptors (Lipinski definition) is 7. The van der Waals surface area contributed by atoms with E-state index in [9.17, 15) is 24.3 Å². The number of amides is 3. The summed E-state index contributed by atoms with van der Waals surface area (Å²) in [6, 6.07) is 7.36. The van der Waals surface area contributed by atoms with E-state index in [1.54, 1.807) is 24.3 Å². The first-order chi connectivity index (χ1) is 11.9. The van der Waals surface area contributed by atoms with E-state index in [1.807, 2.05) is 6.07 Å². The third-order valence-corrected chi connectivity index (χ3v) is 3.41. The van der Waals surface area contributed by atoms with Crippen LogP contribution >= 0.6 is 0 Å². The van der Waals surface area contributed by atoms with Gasteiger partial charge in [-0.1, -0.05) is 30.3 Å². The lowest BCUT2D eigenvalue weighted by Crippen LogP contribution is -2.50. The fraction of sp³-hybridized carbons (Fsp3) is 0.375. The molecule has 1 saturated heterocycles. The van der Waals surface area contributed by atoms with Gasteiger partial charge in [0, 0.05) is 12.8 Å². The van der Waals surface area contributed by atoms with E-state index in [-0.39, 0.29) is 19.4 Å². The molecule has 2 atom stereocenters. The van der Waals surface area contributed by atoms with Crippen molar-refractivity contribution in [2.24, 2.45) is 0 Å². The molecule has 0 aromatic heterocycles. The van der Waals surface area contributed by atoms with Crippen molar-refractivity contribution in [3.8, 4) is 0 Å². The zero-order valence-electron chi connectivity index (χ0n) is 13.5. The maximum Gasteiger partial charge on any atom is 0.408 e. The van der Waals surface area contributed by atoms with Crippen LogP contribution in [0.4, 0.5) is 4.79 Å².